The highest BCUT2D eigenvalue weighted by Gasteiger charge is 2.18. The van der Waals surface area contributed by atoms with Crippen LogP contribution in [0, 0.1) is 5.92 Å². The lowest BCUT2D eigenvalue weighted by Gasteiger charge is -2.30. The summed E-state index contributed by atoms with van der Waals surface area (Å²) in [6.45, 7) is 2.20. The van der Waals surface area contributed by atoms with Crippen molar-refractivity contribution in [2.24, 2.45) is 5.92 Å². The summed E-state index contributed by atoms with van der Waals surface area (Å²) in [5, 5.41) is 0. The van der Waals surface area contributed by atoms with Crippen molar-refractivity contribution in [3.8, 4) is 0 Å². The molecule has 0 heterocycles. The number of esters is 1. The van der Waals surface area contributed by atoms with E-state index in [9.17, 15) is 4.79 Å². The van der Waals surface area contributed by atoms with E-state index in [0.717, 1.165) is 18.9 Å². The van der Waals surface area contributed by atoms with Gasteiger partial charge in [0.25, 0.3) is 0 Å². The smallest absolute Gasteiger partial charge is 0.305 e. The normalized spacial score (nSPS) is 16.8. The number of methoxy groups -OCH3 is 1. The topological polar surface area (TPSA) is 29.5 Å². The molecule has 0 aromatic rings. The number of ether oxygens (including phenoxy) is 1. The van der Waals surface area contributed by atoms with Crippen molar-refractivity contribution in [1.82, 2.24) is 4.90 Å². The van der Waals surface area contributed by atoms with Gasteiger partial charge in [-0.05, 0) is 38.8 Å². The van der Waals surface area contributed by atoms with Crippen LogP contribution in [0.4, 0.5) is 0 Å². The number of carbonyl (C=O) groups excluding carboxylic acids is 1. The van der Waals surface area contributed by atoms with Gasteiger partial charge in [-0.2, -0.15) is 0 Å². The summed E-state index contributed by atoms with van der Waals surface area (Å²) in [7, 11) is 3.58. The van der Waals surface area contributed by atoms with Gasteiger partial charge in [0, 0.05) is 13.0 Å². The maximum absolute atomic E-state index is 10.8. The van der Waals surface area contributed by atoms with Crippen molar-refractivity contribution < 1.29 is 9.53 Å². The summed E-state index contributed by atoms with van der Waals surface area (Å²) < 4.78 is 4.59. The van der Waals surface area contributed by atoms with Crippen molar-refractivity contribution in [3.05, 3.63) is 0 Å². The van der Waals surface area contributed by atoms with E-state index < -0.39 is 0 Å². The Morgan fingerprint density at radius 3 is 2.71 bits per heavy atom. The van der Waals surface area contributed by atoms with Crippen LogP contribution >= 0.6 is 0 Å². The van der Waals surface area contributed by atoms with Crippen LogP contribution in [0.1, 0.15) is 32.1 Å². The van der Waals surface area contributed by atoms with Gasteiger partial charge in [0.05, 0.1) is 7.11 Å². The van der Waals surface area contributed by atoms with Crippen LogP contribution < -0.4 is 0 Å². The first-order valence-electron chi connectivity index (χ1n) is 5.47. The van der Waals surface area contributed by atoms with Gasteiger partial charge in [-0.15, -0.1) is 0 Å². The predicted molar refractivity (Wildman–Crippen MR) is 56.1 cm³/mol. The molecule has 1 aliphatic rings. The first-order valence-corrected chi connectivity index (χ1v) is 5.47. The van der Waals surface area contributed by atoms with Crippen LogP contribution in [-0.2, 0) is 9.53 Å². The van der Waals surface area contributed by atoms with E-state index in [4.69, 9.17) is 0 Å². The van der Waals surface area contributed by atoms with Crippen LogP contribution in [-0.4, -0.2) is 38.1 Å². The molecule has 0 radical (unpaired) electrons. The van der Waals surface area contributed by atoms with Gasteiger partial charge in [-0.25, -0.2) is 0 Å². The summed E-state index contributed by atoms with van der Waals surface area (Å²) in [5.41, 5.74) is 0. The fourth-order valence-corrected chi connectivity index (χ4v) is 1.80. The summed E-state index contributed by atoms with van der Waals surface area (Å²) in [5.74, 6) is 0.820. The molecular formula is C11H21NO2. The van der Waals surface area contributed by atoms with Gasteiger partial charge < -0.3 is 9.64 Å². The third-order valence-corrected chi connectivity index (χ3v) is 2.94. The molecule has 82 valence electrons. The van der Waals surface area contributed by atoms with E-state index in [-0.39, 0.29) is 5.97 Å². The van der Waals surface area contributed by atoms with Crippen molar-refractivity contribution in [2.45, 2.75) is 32.1 Å². The maximum Gasteiger partial charge on any atom is 0.305 e. The lowest BCUT2D eigenvalue weighted by Crippen LogP contribution is -2.30. The molecule has 14 heavy (non-hydrogen) atoms. The standard InChI is InChI=1S/C11H21NO2/c1-12(9-10-5-3-6-10)8-4-7-11(13)14-2/h10H,3-9H2,1-2H3. The van der Waals surface area contributed by atoms with Gasteiger partial charge in [0.15, 0.2) is 0 Å². The van der Waals surface area contributed by atoms with E-state index in [1.165, 1.54) is 32.9 Å². The summed E-state index contributed by atoms with van der Waals surface area (Å²) >= 11 is 0. The Bertz CT molecular complexity index is 178. The average Bonchev–Trinajstić information content (AvgIpc) is 2.11. The third-order valence-electron chi connectivity index (χ3n) is 2.94. The second-order valence-corrected chi connectivity index (χ2v) is 4.24. The monoisotopic (exact) mass is 199 g/mol. The molecule has 3 nitrogen and oxygen atoms in total. The first kappa shape index (κ1) is 11.5. The van der Waals surface area contributed by atoms with E-state index in [0.29, 0.717) is 6.42 Å². The fourth-order valence-electron chi connectivity index (χ4n) is 1.80. The number of rotatable bonds is 6. The van der Waals surface area contributed by atoms with Gasteiger partial charge in [-0.3, -0.25) is 4.79 Å². The number of carbonyl (C=O) groups is 1. The highest BCUT2D eigenvalue weighted by Crippen LogP contribution is 2.26. The minimum absolute atomic E-state index is 0.0953. The van der Waals surface area contributed by atoms with E-state index in [2.05, 4.69) is 16.7 Å². The van der Waals surface area contributed by atoms with Gasteiger partial charge in [-0.1, -0.05) is 6.42 Å². The Morgan fingerprint density at radius 2 is 2.21 bits per heavy atom. The molecule has 0 aromatic carbocycles. The quantitative estimate of drug-likeness (QED) is 0.609. The average molecular weight is 199 g/mol. The lowest BCUT2D eigenvalue weighted by atomic mass is 9.85. The Morgan fingerprint density at radius 1 is 1.50 bits per heavy atom. The van der Waals surface area contributed by atoms with Crippen LogP contribution in [0.3, 0.4) is 0 Å². The lowest BCUT2D eigenvalue weighted by molar-refractivity contribution is -0.140. The van der Waals surface area contributed by atoms with E-state index >= 15 is 0 Å². The minimum atomic E-state index is -0.0953. The Balaban J connectivity index is 1.96. The highest BCUT2D eigenvalue weighted by atomic mass is 16.5. The molecule has 1 rings (SSSR count). The molecule has 1 fully saturated rings. The van der Waals surface area contributed by atoms with Crippen molar-refractivity contribution in [3.63, 3.8) is 0 Å². The molecule has 0 saturated heterocycles. The largest absolute Gasteiger partial charge is 0.469 e. The Hall–Kier alpha value is -0.570. The molecule has 0 spiro atoms. The molecule has 0 unspecified atom stereocenters. The van der Waals surface area contributed by atoms with Gasteiger partial charge in [0.2, 0.25) is 0 Å². The molecule has 0 amide bonds. The third kappa shape index (κ3) is 4.09. The molecule has 1 aliphatic carbocycles. The zero-order valence-corrected chi connectivity index (χ0v) is 9.29. The second kappa shape index (κ2) is 6.02. The molecule has 0 aromatic heterocycles. The minimum Gasteiger partial charge on any atom is -0.469 e. The predicted octanol–water partition coefficient (Wildman–Crippen LogP) is 1.67. The molecule has 0 N–H and O–H groups in total. The maximum atomic E-state index is 10.8. The van der Waals surface area contributed by atoms with E-state index in [1.54, 1.807) is 0 Å². The van der Waals surface area contributed by atoms with Gasteiger partial charge in [0.1, 0.15) is 0 Å². The van der Waals surface area contributed by atoms with Crippen LogP contribution in [0.25, 0.3) is 0 Å². The van der Waals surface area contributed by atoms with Crippen LogP contribution in [0.5, 0.6) is 0 Å². The van der Waals surface area contributed by atoms with E-state index in [1.807, 2.05) is 0 Å². The zero-order chi connectivity index (χ0) is 10.4. The fraction of sp³-hybridized carbons (Fsp3) is 0.909. The first-order chi connectivity index (χ1) is 6.72. The SMILES string of the molecule is COC(=O)CCCN(C)CC1CCC1. The van der Waals surface area contributed by atoms with Crippen LogP contribution in [0.15, 0.2) is 0 Å². The Kier molecular flexibility index (Phi) is 4.94. The molecule has 3 heteroatoms. The summed E-state index contributed by atoms with van der Waals surface area (Å²) in [4.78, 5) is 13.2. The highest BCUT2D eigenvalue weighted by molar-refractivity contribution is 5.69. The van der Waals surface area contributed by atoms with Crippen molar-refractivity contribution in [2.75, 3.05) is 27.2 Å². The Labute approximate surface area is 86.4 Å². The number of hydrogen-bond donors (Lipinski definition) is 0. The molecule has 0 bridgehead atoms. The van der Waals surface area contributed by atoms with Crippen LogP contribution in [0.2, 0.25) is 0 Å². The van der Waals surface area contributed by atoms with Crippen molar-refractivity contribution in [1.29, 1.82) is 0 Å². The number of hydrogen-bond acceptors (Lipinski definition) is 3. The zero-order valence-electron chi connectivity index (χ0n) is 9.29. The molecule has 0 atom stereocenters. The number of nitrogens with zero attached hydrogens (tertiary/aromatic N) is 1. The molecular weight excluding hydrogens is 178 g/mol. The summed E-state index contributed by atoms with van der Waals surface area (Å²) in [6, 6.07) is 0. The summed E-state index contributed by atoms with van der Waals surface area (Å²) in [6.07, 6.45) is 5.64. The second-order valence-electron chi connectivity index (χ2n) is 4.24. The van der Waals surface area contributed by atoms with Crippen molar-refractivity contribution >= 4 is 5.97 Å². The molecule has 0 aliphatic heterocycles. The molecule has 1 saturated carbocycles. The van der Waals surface area contributed by atoms with Gasteiger partial charge >= 0.3 is 5.97 Å².